The molecule has 0 saturated heterocycles. The molecule has 41 heavy (non-hydrogen) atoms. The molecule has 0 aliphatic rings. The van der Waals surface area contributed by atoms with E-state index in [1.807, 2.05) is 34.6 Å². The summed E-state index contributed by atoms with van der Waals surface area (Å²) in [4.78, 5) is 49.2. The number of rotatable bonds is 16. The van der Waals surface area contributed by atoms with Crippen LogP contribution < -0.4 is 15.2 Å². The number of hydrogen-bond donors (Lipinski definition) is 1. The maximum absolute atomic E-state index is 12.6. The second-order valence-corrected chi connectivity index (χ2v) is 11.4. The van der Waals surface area contributed by atoms with Crippen LogP contribution in [-0.2, 0) is 35.0 Å². The van der Waals surface area contributed by atoms with Crippen molar-refractivity contribution in [3.63, 3.8) is 0 Å². The van der Waals surface area contributed by atoms with Crippen LogP contribution >= 0.6 is 0 Å². The number of carbonyl (C=O) groups is 4. The van der Waals surface area contributed by atoms with Crippen LogP contribution in [0.25, 0.3) is 0 Å². The van der Waals surface area contributed by atoms with Gasteiger partial charge in [-0.2, -0.15) is 0 Å². The summed E-state index contributed by atoms with van der Waals surface area (Å²) in [6.07, 6.45) is -0.701. The molecule has 11 heteroatoms. The molecule has 2 atom stereocenters. The minimum Gasteiger partial charge on any atom is -0.461 e. The zero-order chi connectivity index (χ0) is 31.2. The predicted molar refractivity (Wildman–Crippen MR) is 152 cm³/mol. The Bertz CT molecular complexity index is 1000. The summed E-state index contributed by atoms with van der Waals surface area (Å²) in [6, 6.07) is 3.33. The molecule has 0 aromatic heterocycles. The number of benzene rings is 1. The zero-order valence-corrected chi connectivity index (χ0v) is 25.7. The summed E-state index contributed by atoms with van der Waals surface area (Å²) in [6.45, 7) is 15.2. The third kappa shape index (κ3) is 14.2. The third-order valence-electron chi connectivity index (χ3n) is 6.19. The zero-order valence-electron chi connectivity index (χ0n) is 25.7. The fourth-order valence-corrected chi connectivity index (χ4v) is 3.03. The van der Waals surface area contributed by atoms with E-state index in [0.29, 0.717) is 36.7 Å². The Kier molecular flexibility index (Phi) is 15.2. The maximum atomic E-state index is 12.6. The smallest absolute Gasteiger partial charge is 0.461 e. The average molecular weight is 582 g/mol. The molecular formula is C30H47NO10. The van der Waals surface area contributed by atoms with Crippen LogP contribution in [0.1, 0.15) is 80.2 Å². The molecule has 0 aliphatic carbocycles. The first-order valence-electron chi connectivity index (χ1n) is 14.1. The summed E-state index contributed by atoms with van der Waals surface area (Å²) in [5.74, 6) is -0.585. The molecule has 0 unspecified atom stereocenters. The van der Waals surface area contributed by atoms with Gasteiger partial charge in [-0.1, -0.05) is 40.7 Å². The third-order valence-corrected chi connectivity index (χ3v) is 6.19. The van der Waals surface area contributed by atoms with Gasteiger partial charge in [-0.15, -0.1) is 0 Å². The molecule has 0 amide bonds. The van der Waals surface area contributed by atoms with Gasteiger partial charge in [0, 0.05) is 0 Å². The monoisotopic (exact) mass is 581 g/mol. The number of carbonyl (C=O) groups excluding carboxylic acids is 4. The first-order valence-corrected chi connectivity index (χ1v) is 14.1. The van der Waals surface area contributed by atoms with Crippen LogP contribution in [-0.4, -0.2) is 56.2 Å². The Morgan fingerprint density at radius 1 is 0.829 bits per heavy atom. The van der Waals surface area contributed by atoms with E-state index < -0.39 is 35.8 Å². The summed E-state index contributed by atoms with van der Waals surface area (Å²) in [5, 5.41) is 0. The van der Waals surface area contributed by atoms with Crippen LogP contribution in [0.4, 0.5) is 9.59 Å². The maximum Gasteiger partial charge on any atom is 0.513 e. The highest BCUT2D eigenvalue weighted by Gasteiger charge is 2.28. The summed E-state index contributed by atoms with van der Waals surface area (Å²) >= 11 is 0. The standard InChI is InChI=1S/C30H47NO10/c1-9-30(7,8)27(33)38-18-21(6)39-26(32)23(31)16-22-10-11-24(40-28(34)36-14-12-19(2)3)25(17-22)41-29(35)37-15-13-20(4)5/h10-11,17,19-21,23H,9,12-16,18,31H2,1-8H3/t21-,23-/m0/s1. The number of esters is 2. The molecule has 0 saturated carbocycles. The normalized spacial score (nSPS) is 12.9. The Morgan fingerprint density at radius 2 is 1.37 bits per heavy atom. The van der Waals surface area contributed by atoms with Crippen molar-refractivity contribution in [3.05, 3.63) is 23.8 Å². The first kappa shape index (κ1) is 35.7. The van der Waals surface area contributed by atoms with Crippen molar-refractivity contribution < 1.29 is 47.6 Å². The summed E-state index contributed by atoms with van der Waals surface area (Å²) in [7, 11) is 0. The number of ether oxygens (including phenoxy) is 6. The van der Waals surface area contributed by atoms with Crippen molar-refractivity contribution >= 4 is 24.2 Å². The van der Waals surface area contributed by atoms with E-state index in [2.05, 4.69) is 0 Å². The topological polar surface area (TPSA) is 150 Å². The fraction of sp³-hybridized carbons (Fsp3) is 0.667. The van der Waals surface area contributed by atoms with E-state index in [4.69, 9.17) is 34.2 Å². The molecule has 0 aliphatic heterocycles. The largest absolute Gasteiger partial charge is 0.513 e. The lowest BCUT2D eigenvalue weighted by Gasteiger charge is -2.22. The van der Waals surface area contributed by atoms with E-state index in [-0.39, 0.29) is 43.7 Å². The average Bonchev–Trinajstić information content (AvgIpc) is 2.88. The van der Waals surface area contributed by atoms with Crippen LogP contribution in [0.15, 0.2) is 18.2 Å². The number of nitrogens with two attached hydrogens (primary N) is 1. The molecule has 1 rings (SSSR count). The van der Waals surface area contributed by atoms with Gasteiger partial charge in [0.1, 0.15) is 18.8 Å². The Labute approximate surface area is 243 Å². The number of hydrogen-bond acceptors (Lipinski definition) is 11. The minimum absolute atomic E-state index is 0.0199. The quantitative estimate of drug-likeness (QED) is 0.148. The van der Waals surface area contributed by atoms with Crippen molar-refractivity contribution in [1.29, 1.82) is 0 Å². The van der Waals surface area contributed by atoms with Gasteiger partial charge in [0.25, 0.3) is 0 Å². The van der Waals surface area contributed by atoms with Gasteiger partial charge < -0.3 is 34.2 Å². The van der Waals surface area contributed by atoms with Crippen LogP contribution in [0.3, 0.4) is 0 Å². The van der Waals surface area contributed by atoms with Gasteiger partial charge in [0.15, 0.2) is 11.5 Å². The van der Waals surface area contributed by atoms with Crippen LogP contribution in [0, 0.1) is 17.3 Å². The fourth-order valence-electron chi connectivity index (χ4n) is 3.03. The summed E-state index contributed by atoms with van der Waals surface area (Å²) in [5.41, 5.74) is 5.93. The lowest BCUT2D eigenvalue weighted by atomic mass is 9.91. The van der Waals surface area contributed by atoms with Crippen molar-refractivity contribution in [3.8, 4) is 11.5 Å². The van der Waals surface area contributed by atoms with Crippen molar-refractivity contribution in [2.75, 3.05) is 19.8 Å². The van der Waals surface area contributed by atoms with Crippen LogP contribution in [0.5, 0.6) is 11.5 Å². The minimum atomic E-state index is -1.07. The Morgan fingerprint density at radius 3 is 1.88 bits per heavy atom. The first-order chi connectivity index (χ1) is 19.1. The highest BCUT2D eigenvalue weighted by Crippen LogP contribution is 2.30. The van der Waals surface area contributed by atoms with E-state index in [9.17, 15) is 19.2 Å². The molecule has 0 fully saturated rings. The lowest BCUT2D eigenvalue weighted by molar-refractivity contribution is -0.164. The van der Waals surface area contributed by atoms with Gasteiger partial charge >= 0.3 is 24.2 Å². The van der Waals surface area contributed by atoms with Crippen molar-refractivity contribution in [1.82, 2.24) is 0 Å². The summed E-state index contributed by atoms with van der Waals surface area (Å²) < 4.78 is 31.4. The molecule has 1 aromatic rings. The van der Waals surface area contributed by atoms with E-state index in [1.165, 1.54) is 12.1 Å². The molecule has 232 valence electrons. The molecule has 2 N–H and O–H groups in total. The molecular weight excluding hydrogens is 534 g/mol. The van der Waals surface area contributed by atoms with Gasteiger partial charge in [0.05, 0.1) is 18.6 Å². The Balaban J connectivity index is 2.88. The SMILES string of the molecule is CCC(C)(C)C(=O)OC[C@H](C)OC(=O)[C@@H](N)Cc1ccc(OC(=O)OCCC(C)C)c(OC(=O)OCCC(C)C)c1. The molecule has 0 heterocycles. The lowest BCUT2D eigenvalue weighted by Crippen LogP contribution is -2.38. The molecule has 0 radical (unpaired) electrons. The highest BCUT2D eigenvalue weighted by molar-refractivity contribution is 5.77. The van der Waals surface area contributed by atoms with E-state index in [0.717, 1.165) is 0 Å². The van der Waals surface area contributed by atoms with Crippen molar-refractivity contribution in [2.45, 2.75) is 93.2 Å². The highest BCUT2D eigenvalue weighted by atomic mass is 16.7. The van der Waals surface area contributed by atoms with E-state index in [1.54, 1.807) is 26.8 Å². The molecule has 0 bridgehead atoms. The van der Waals surface area contributed by atoms with Crippen molar-refractivity contribution in [2.24, 2.45) is 23.0 Å². The van der Waals surface area contributed by atoms with Crippen LogP contribution in [0.2, 0.25) is 0 Å². The van der Waals surface area contributed by atoms with Gasteiger partial charge in [0.2, 0.25) is 0 Å². The molecule has 0 spiro atoms. The van der Waals surface area contributed by atoms with E-state index >= 15 is 0 Å². The van der Waals surface area contributed by atoms with Gasteiger partial charge in [-0.3, -0.25) is 9.59 Å². The van der Waals surface area contributed by atoms with Gasteiger partial charge in [-0.25, -0.2) is 9.59 Å². The molecule has 1 aromatic carbocycles. The Hall–Kier alpha value is -3.34. The predicted octanol–water partition coefficient (Wildman–Crippen LogP) is 5.59. The molecule has 11 nitrogen and oxygen atoms in total. The van der Waals surface area contributed by atoms with Gasteiger partial charge in [-0.05, 0) is 76.0 Å². The second kappa shape index (κ2) is 17.5. The second-order valence-electron chi connectivity index (χ2n) is 11.4.